The minimum absolute atomic E-state index is 0.229. The van der Waals surface area contributed by atoms with Crippen molar-refractivity contribution in [2.24, 2.45) is 0 Å². The normalized spacial score (nSPS) is 20.0. The van der Waals surface area contributed by atoms with Crippen LogP contribution in [0.4, 0.5) is 0 Å². The minimum atomic E-state index is -2.08. The highest BCUT2D eigenvalue weighted by molar-refractivity contribution is 6.87. The van der Waals surface area contributed by atoms with E-state index >= 15 is 0 Å². The predicted molar refractivity (Wildman–Crippen MR) is 103 cm³/mol. The van der Waals surface area contributed by atoms with Gasteiger partial charge < -0.3 is 22.8 Å². The van der Waals surface area contributed by atoms with Crippen molar-refractivity contribution in [3.05, 3.63) is 0 Å². The van der Waals surface area contributed by atoms with E-state index in [0.29, 0.717) is 6.10 Å². The molecule has 0 aromatic heterocycles. The van der Waals surface area contributed by atoms with Gasteiger partial charge in [-0.25, -0.2) is 0 Å². The SMILES string of the molecule is C1CO1.C[C@@H]1CO1.C[Si](C)(C)O[Si](C)(CCCO)O[Si](C)(C)C. The molecular formula is C15H38O5Si3. The van der Waals surface area contributed by atoms with Gasteiger partial charge in [0.2, 0.25) is 0 Å². The van der Waals surface area contributed by atoms with E-state index < -0.39 is 25.2 Å². The van der Waals surface area contributed by atoms with E-state index in [0.717, 1.165) is 32.3 Å². The number of epoxide rings is 2. The standard InChI is InChI=1S/C10H28O3Si3.C3H6O.C2H4O/c1-14(2,3)12-16(7,10-8-9-11)13-15(4,5)6;1-3-2-4-3;1-2-3-1/h11H,8-10H2,1-7H3;3H,2H2,1H3;1-2H2/t;3-;/m.1./s1. The molecule has 2 fully saturated rings. The second-order valence-corrected chi connectivity index (χ2v) is 21.0. The third-order valence-electron chi connectivity index (χ3n) is 2.54. The highest BCUT2D eigenvalue weighted by atomic mass is 28.5. The van der Waals surface area contributed by atoms with E-state index in [4.69, 9.17) is 18.1 Å². The zero-order chi connectivity index (χ0) is 18.1. The zero-order valence-corrected chi connectivity index (χ0v) is 19.4. The summed E-state index contributed by atoms with van der Waals surface area (Å²) < 4.78 is 21.8. The van der Waals surface area contributed by atoms with Crippen LogP contribution in [0.3, 0.4) is 0 Å². The summed E-state index contributed by atoms with van der Waals surface area (Å²) in [4.78, 5) is 0. The third kappa shape index (κ3) is 20.4. The molecule has 0 saturated carbocycles. The molecule has 140 valence electrons. The molecule has 0 aromatic carbocycles. The average molecular weight is 383 g/mol. The Bertz CT molecular complexity index is 290. The van der Waals surface area contributed by atoms with Crippen LogP contribution < -0.4 is 0 Å². The number of hydrogen-bond donors (Lipinski definition) is 1. The van der Waals surface area contributed by atoms with Gasteiger partial charge in [0.15, 0.2) is 16.6 Å². The van der Waals surface area contributed by atoms with Crippen LogP contribution in [0.25, 0.3) is 0 Å². The smallest absolute Gasteiger partial charge is 0.314 e. The fourth-order valence-electron chi connectivity index (χ4n) is 1.91. The second kappa shape index (κ2) is 10.4. The van der Waals surface area contributed by atoms with Crippen LogP contribution in [0.2, 0.25) is 51.9 Å². The van der Waals surface area contributed by atoms with Crippen LogP contribution in [0, 0.1) is 0 Å². The lowest BCUT2D eigenvalue weighted by Gasteiger charge is -2.38. The van der Waals surface area contributed by atoms with Gasteiger partial charge in [0.05, 0.1) is 25.9 Å². The molecule has 0 radical (unpaired) electrons. The number of ether oxygens (including phenoxy) is 2. The van der Waals surface area contributed by atoms with Gasteiger partial charge >= 0.3 is 8.56 Å². The van der Waals surface area contributed by atoms with Crippen molar-refractivity contribution < 1.29 is 22.8 Å². The molecule has 0 aliphatic carbocycles. The van der Waals surface area contributed by atoms with E-state index in [9.17, 15) is 0 Å². The monoisotopic (exact) mass is 382 g/mol. The number of hydrogen-bond acceptors (Lipinski definition) is 5. The van der Waals surface area contributed by atoms with E-state index in [1.807, 2.05) is 0 Å². The lowest BCUT2D eigenvalue weighted by atomic mass is 10.5. The Labute approximate surface area is 146 Å². The van der Waals surface area contributed by atoms with E-state index in [2.05, 4.69) is 57.5 Å². The first-order chi connectivity index (χ1) is 10.4. The molecule has 0 amide bonds. The summed E-state index contributed by atoms with van der Waals surface area (Å²) in [6.07, 6.45) is 1.37. The van der Waals surface area contributed by atoms with Crippen LogP contribution in [0.5, 0.6) is 0 Å². The lowest BCUT2D eigenvalue weighted by molar-refractivity contribution is 0.286. The first-order valence-electron chi connectivity index (χ1n) is 8.57. The van der Waals surface area contributed by atoms with Crippen LogP contribution in [-0.4, -0.2) is 62.8 Å². The molecule has 2 saturated heterocycles. The Hall–Kier alpha value is 0.451. The molecule has 0 bridgehead atoms. The minimum Gasteiger partial charge on any atom is -0.437 e. The molecule has 2 aliphatic heterocycles. The summed E-state index contributed by atoms with van der Waals surface area (Å²) >= 11 is 0. The Morgan fingerprint density at radius 3 is 1.48 bits per heavy atom. The summed E-state index contributed by atoms with van der Waals surface area (Å²) in [5.74, 6) is 0. The maximum Gasteiger partial charge on any atom is 0.314 e. The predicted octanol–water partition coefficient (Wildman–Crippen LogP) is 3.57. The van der Waals surface area contributed by atoms with Crippen molar-refractivity contribution in [2.45, 2.75) is 71.3 Å². The average Bonchev–Trinajstić information content (AvgIpc) is 3.15. The molecule has 2 rings (SSSR count). The van der Waals surface area contributed by atoms with Gasteiger partial charge in [-0.2, -0.15) is 0 Å². The quantitative estimate of drug-likeness (QED) is 0.539. The highest BCUT2D eigenvalue weighted by Gasteiger charge is 2.39. The van der Waals surface area contributed by atoms with Gasteiger partial charge in [0.1, 0.15) is 0 Å². The van der Waals surface area contributed by atoms with E-state index in [1.54, 1.807) is 0 Å². The van der Waals surface area contributed by atoms with Gasteiger partial charge in [0, 0.05) is 6.61 Å². The van der Waals surface area contributed by atoms with Gasteiger partial charge in [-0.3, -0.25) is 0 Å². The van der Waals surface area contributed by atoms with Gasteiger partial charge in [-0.05, 0) is 65.2 Å². The Morgan fingerprint density at radius 2 is 1.30 bits per heavy atom. The first-order valence-corrected chi connectivity index (χ1v) is 17.9. The van der Waals surface area contributed by atoms with E-state index in [1.165, 1.54) is 0 Å². The second-order valence-electron chi connectivity index (χ2n) is 8.15. The van der Waals surface area contributed by atoms with Crippen molar-refractivity contribution in [1.29, 1.82) is 0 Å². The number of rotatable bonds is 7. The molecule has 8 heteroatoms. The van der Waals surface area contributed by atoms with Crippen molar-refractivity contribution >= 4 is 25.2 Å². The first kappa shape index (κ1) is 23.5. The zero-order valence-electron chi connectivity index (χ0n) is 16.4. The lowest BCUT2D eigenvalue weighted by Crippen LogP contribution is -2.52. The largest absolute Gasteiger partial charge is 0.437 e. The summed E-state index contributed by atoms with van der Waals surface area (Å²) in [5.41, 5.74) is 0. The Balaban J connectivity index is 0.000000551. The molecule has 2 aliphatic rings. The third-order valence-corrected chi connectivity index (χ3v) is 12.2. The maximum atomic E-state index is 8.96. The van der Waals surface area contributed by atoms with Crippen LogP contribution in [0.1, 0.15) is 13.3 Å². The summed E-state index contributed by atoms with van der Waals surface area (Å²) in [5, 5.41) is 8.96. The van der Waals surface area contributed by atoms with Crippen molar-refractivity contribution in [2.75, 3.05) is 26.4 Å². The Morgan fingerprint density at radius 1 is 0.957 bits per heavy atom. The molecule has 23 heavy (non-hydrogen) atoms. The molecule has 2 heterocycles. The highest BCUT2D eigenvalue weighted by Crippen LogP contribution is 2.25. The van der Waals surface area contributed by atoms with Crippen molar-refractivity contribution in [3.63, 3.8) is 0 Å². The molecule has 5 nitrogen and oxygen atoms in total. The fraction of sp³-hybridized carbons (Fsp3) is 1.00. The molecule has 1 N–H and O–H groups in total. The van der Waals surface area contributed by atoms with Gasteiger partial charge in [-0.15, -0.1) is 0 Å². The maximum absolute atomic E-state index is 8.96. The summed E-state index contributed by atoms with van der Waals surface area (Å²) in [6.45, 7) is 20.6. The topological polar surface area (TPSA) is 63.8 Å². The van der Waals surface area contributed by atoms with Crippen LogP contribution >= 0.6 is 0 Å². The van der Waals surface area contributed by atoms with Gasteiger partial charge in [-0.1, -0.05) is 0 Å². The number of aliphatic hydroxyl groups excluding tert-OH is 1. The van der Waals surface area contributed by atoms with Crippen LogP contribution in [-0.2, 0) is 17.7 Å². The molecule has 0 spiro atoms. The van der Waals surface area contributed by atoms with E-state index in [-0.39, 0.29) is 6.61 Å². The van der Waals surface area contributed by atoms with Crippen molar-refractivity contribution in [3.8, 4) is 0 Å². The molecule has 0 unspecified atom stereocenters. The van der Waals surface area contributed by atoms with Gasteiger partial charge in [0.25, 0.3) is 0 Å². The molecule has 1 atom stereocenters. The van der Waals surface area contributed by atoms with Crippen molar-refractivity contribution in [1.82, 2.24) is 0 Å². The fourth-order valence-corrected chi connectivity index (χ4v) is 14.4. The Kier molecular flexibility index (Phi) is 10.6. The number of aliphatic hydroxyl groups is 1. The molecule has 0 aromatic rings. The molecular weight excluding hydrogens is 344 g/mol. The summed E-state index contributed by atoms with van der Waals surface area (Å²) in [7, 11) is -5.21. The summed E-state index contributed by atoms with van der Waals surface area (Å²) in [6, 6.07) is 0.901. The van der Waals surface area contributed by atoms with Crippen LogP contribution in [0.15, 0.2) is 0 Å².